The highest BCUT2D eigenvalue weighted by atomic mass is 16.5. The molecule has 0 amide bonds. The van der Waals surface area contributed by atoms with Gasteiger partial charge in [0.1, 0.15) is 6.23 Å². The van der Waals surface area contributed by atoms with E-state index in [-0.39, 0.29) is 6.04 Å². The lowest BCUT2D eigenvalue weighted by molar-refractivity contribution is 0.0347. The Balaban J connectivity index is 1.34. The lowest BCUT2D eigenvalue weighted by atomic mass is 10.2. The molecule has 0 aliphatic carbocycles. The fourth-order valence-electron chi connectivity index (χ4n) is 3.40. The standard InChI is InChI=1S/C18H26N6O2/c19-13-2-1-3-14-12(13)10-15(21-14)16-11-17(23-22-16)18(25)20-4-5-24-6-8-26-9-7-24/h1-3,10-11,17-18,20-23,25H,4-9,19H2. The second-order valence-corrected chi connectivity index (χ2v) is 6.72. The molecule has 8 heteroatoms. The van der Waals surface area contributed by atoms with Crippen molar-refractivity contribution in [3.05, 3.63) is 36.0 Å². The van der Waals surface area contributed by atoms with Crippen molar-refractivity contribution in [1.29, 1.82) is 0 Å². The van der Waals surface area contributed by atoms with Crippen LogP contribution in [0.3, 0.4) is 0 Å². The molecule has 0 spiro atoms. The first-order valence-electron chi connectivity index (χ1n) is 9.03. The van der Waals surface area contributed by atoms with Crippen LogP contribution in [0, 0.1) is 0 Å². The van der Waals surface area contributed by atoms with Gasteiger partial charge in [0.25, 0.3) is 0 Å². The monoisotopic (exact) mass is 358 g/mol. The van der Waals surface area contributed by atoms with E-state index in [9.17, 15) is 5.11 Å². The van der Waals surface area contributed by atoms with Gasteiger partial charge in [-0.3, -0.25) is 10.2 Å². The summed E-state index contributed by atoms with van der Waals surface area (Å²) < 4.78 is 5.34. The van der Waals surface area contributed by atoms with E-state index in [4.69, 9.17) is 10.5 Å². The van der Waals surface area contributed by atoms with Crippen LogP contribution in [0.5, 0.6) is 0 Å². The molecule has 1 aromatic carbocycles. The summed E-state index contributed by atoms with van der Waals surface area (Å²) in [6.45, 7) is 5.11. The number of hydrazine groups is 1. The second kappa shape index (κ2) is 7.65. The number of ether oxygens (including phenoxy) is 1. The first kappa shape index (κ1) is 17.3. The maximum absolute atomic E-state index is 10.4. The number of aliphatic hydroxyl groups excluding tert-OH is 1. The van der Waals surface area contributed by atoms with Gasteiger partial charge in [-0.1, -0.05) is 6.07 Å². The molecule has 2 aromatic rings. The van der Waals surface area contributed by atoms with Crippen molar-refractivity contribution in [2.75, 3.05) is 45.1 Å². The number of aromatic amines is 1. The Hall–Kier alpha value is -2.10. The summed E-state index contributed by atoms with van der Waals surface area (Å²) in [7, 11) is 0. The largest absolute Gasteiger partial charge is 0.398 e. The molecular formula is C18H26N6O2. The Labute approximate surface area is 152 Å². The van der Waals surface area contributed by atoms with E-state index in [1.165, 1.54) is 0 Å². The number of nitrogen functional groups attached to an aromatic ring is 1. The summed E-state index contributed by atoms with van der Waals surface area (Å²) in [6.07, 6.45) is 1.31. The van der Waals surface area contributed by atoms with Crippen molar-refractivity contribution in [1.82, 2.24) is 26.1 Å². The summed E-state index contributed by atoms with van der Waals surface area (Å²) in [5, 5.41) is 14.6. The second-order valence-electron chi connectivity index (χ2n) is 6.72. The molecular weight excluding hydrogens is 332 g/mol. The SMILES string of the molecule is Nc1cccc2[nH]c(C3=CC(C(O)NCCN4CCOCC4)NN3)cc12. The van der Waals surface area contributed by atoms with E-state index >= 15 is 0 Å². The van der Waals surface area contributed by atoms with Crippen LogP contribution in [0.4, 0.5) is 5.69 Å². The molecule has 26 heavy (non-hydrogen) atoms. The Morgan fingerprint density at radius 2 is 2.19 bits per heavy atom. The third kappa shape index (κ3) is 3.69. The summed E-state index contributed by atoms with van der Waals surface area (Å²) in [5.74, 6) is 0. The number of hydrogen-bond donors (Lipinski definition) is 6. The third-order valence-electron chi connectivity index (χ3n) is 4.93. The third-order valence-corrected chi connectivity index (χ3v) is 4.93. The predicted octanol–water partition coefficient (Wildman–Crippen LogP) is -0.192. The minimum Gasteiger partial charge on any atom is -0.398 e. The van der Waals surface area contributed by atoms with Gasteiger partial charge in [-0.2, -0.15) is 0 Å². The lowest BCUT2D eigenvalue weighted by Gasteiger charge is -2.27. The van der Waals surface area contributed by atoms with Gasteiger partial charge in [-0.05, 0) is 24.3 Å². The van der Waals surface area contributed by atoms with Crippen LogP contribution in [-0.2, 0) is 4.74 Å². The van der Waals surface area contributed by atoms with E-state index < -0.39 is 6.23 Å². The average Bonchev–Trinajstić information content (AvgIpc) is 3.30. The molecule has 1 aromatic heterocycles. The highest BCUT2D eigenvalue weighted by molar-refractivity contribution is 5.93. The predicted molar refractivity (Wildman–Crippen MR) is 102 cm³/mol. The number of hydrogen-bond acceptors (Lipinski definition) is 7. The van der Waals surface area contributed by atoms with Gasteiger partial charge < -0.3 is 26.0 Å². The number of fused-ring (bicyclic) bond motifs is 1. The van der Waals surface area contributed by atoms with Crippen molar-refractivity contribution >= 4 is 22.3 Å². The number of nitrogens with zero attached hydrogens (tertiary/aromatic N) is 1. The minimum absolute atomic E-state index is 0.210. The molecule has 0 saturated carbocycles. The molecule has 0 bridgehead atoms. The fraction of sp³-hybridized carbons (Fsp3) is 0.444. The van der Waals surface area contributed by atoms with Crippen molar-refractivity contribution in [3.8, 4) is 0 Å². The van der Waals surface area contributed by atoms with Crippen LogP contribution in [-0.4, -0.2) is 66.7 Å². The van der Waals surface area contributed by atoms with Crippen molar-refractivity contribution in [2.45, 2.75) is 12.3 Å². The maximum atomic E-state index is 10.4. The van der Waals surface area contributed by atoms with Crippen molar-refractivity contribution in [3.63, 3.8) is 0 Å². The van der Waals surface area contributed by atoms with Crippen LogP contribution in [0.2, 0.25) is 0 Å². The number of morpholine rings is 1. The van der Waals surface area contributed by atoms with Crippen LogP contribution in [0.25, 0.3) is 16.6 Å². The number of nitrogens with one attached hydrogen (secondary N) is 4. The molecule has 3 heterocycles. The number of benzene rings is 1. The number of rotatable bonds is 6. The normalized spacial score (nSPS) is 22.3. The maximum Gasteiger partial charge on any atom is 0.125 e. The zero-order chi connectivity index (χ0) is 17.9. The number of H-pyrrole nitrogens is 1. The van der Waals surface area contributed by atoms with Gasteiger partial charge in [-0.25, -0.2) is 5.43 Å². The van der Waals surface area contributed by atoms with E-state index in [0.717, 1.165) is 67.4 Å². The summed E-state index contributed by atoms with van der Waals surface area (Å²) in [5.41, 5.74) is 15.9. The summed E-state index contributed by atoms with van der Waals surface area (Å²) >= 11 is 0. The van der Waals surface area contributed by atoms with Gasteiger partial charge in [0.05, 0.1) is 30.6 Å². The molecule has 4 rings (SSSR count). The fourth-order valence-corrected chi connectivity index (χ4v) is 3.40. The van der Waals surface area contributed by atoms with Crippen LogP contribution in [0.1, 0.15) is 5.69 Å². The molecule has 2 unspecified atom stereocenters. The highest BCUT2D eigenvalue weighted by Gasteiger charge is 2.23. The number of aromatic nitrogens is 1. The quantitative estimate of drug-likeness (QED) is 0.314. The minimum atomic E-state index is -0.671. The lowest BCUT2D eigenvalue weighted by Crippen LogP contribution is -2.49. The summed E-state index contributed by atoms with van der Waals surface area (Å²) in [6, 6.07) is 7.62. The van der Waals surface area contributed by atoms with E-state index in [0.29, 0.717) is 0 Å². The van der Waals surface area contributed by atoms with Crippen molar-refractivity contribution in [2.24, 2.45) is 0 Å². The number of nitrogens with two attached hydrogens (primary N) is 1. The zero-order valence-corrected chi connectivity index (χ0v) is 14.7. The molecule has 1 saturated heterocycles. The van der Waals surface area contributed by atoms with Crippen LogP contribution >= 0.6 is 0 Å². The van der Waals surface area contributed by atoms with Gasteiger partial charge >= 0.3 is 0 Å². The smallest absolute Gasteiger partial charge is 0.125 e. The molecule has 140 valence electrons. The number of anilines is 1. The Kier molecular flexibility index (Phi) is 5.09. The molecule has 2 aliphatic heterocycles. The molecule has 8 nitrogen and oxygen atoms in total. The van der Waals surface area contributed by atoms with E-state index in [1.807, 2.05) is 30.3 Å². The van der Waals surface area contributed by atoms with Crippen LogP contribution < -0.4 is 21.9 Å². The molecule has 0 radical (unpaired) electrons. The first-order valence-corrected chi connectivity index (χ1v) is 9.03. The molecule has 2 atom stereocenters. The first-order chi connectivity index (χ1) is 12.7. The van der Waals surface area contributed by atoms with E-state index in [1.54, 1.807) is 0 Å². The molecule has 2 aliphatic rings. The topological polar surface area (TPSA) is 111 Å². The van der Waals surface area contributed by atoms with E-state index in [2.05, 4.69) is 26.1 Å². The van der Waals surface area contributed by atoms with Gasteiger partial charge in [-0.15, -0.1) is 0 Å². The van der Waals surface area contributed by atoms with Gasteiger partial charge in [0, 0.05) is 42.8 Å². The summed E-state index contributed by atoms with van der Waals surface area (Å²) in [4.78, 5) is 5.69. The Morgan fingerprint density at radius 3 is 3.00 bits per heavy atom. The molecule has 7 N–H and O–H groups in total. The zero-order valence-electron chi connectivity index (χ0n) is 14.7. The molecule has 1 fully saturated rings. The Bertz CT molecular complexity index is 783. The number of aliphatic hydroxyl groups is 1. The van der Waals surface area contributed by atoms with Gasteiger partial charge in [0.15, 0.2) is 0 Å². The average molecular weight is 358 g/mol. The van der Waals surface area contributed by atoms with Gasteiger partial charge in [0.2, 0.25) is 0 Å². The Morgan fingerprint density at radius 1 is 1.35 bits per heavy atom. The highest BCUT2D eigenvalue weighted by Crippen LogP contribution is 2.25. The van der Waals surface area contributed by atoms with Crippen molar-refractivity contribution < 1.29 is 9.84 Å². The van der Waals surface area contributed by atoms with Crippen LogP contribution in [0.15, 0.2) is 30.3 Å².